The van der Waals surface area contributed by atoms with E-state index in [-0.39, 0.29) is 5.56 Å². The molecule has 0 unspecified atom stereocenters. The number of alkyl halides is 3. The minimum Gasteiger partial charge on any atom is -0.223 e. The minimum absolute atomic E-state index is 0.211. The van der Waals surface area contributed by atoms with Crippen molar-refractivity contribution in [1.29, 1.82) is 0 Å². The average molecular weight is 238 g/mol. The van der Waals surface area contributed by atoms with Gasteiger partial charge in [0.05, 0.1) is 0 Å². The zero-order valence-corrected chi connectivity index (χ0v) is 8.68. The van der Waals surface area contributed by atoms with E-state index in [1.54, 1.807) is 36.4 Å². The highest BCUT2D eigenvalue weighted by atomic mass is 19.4. The number of fused-ring (bicyclic) bond motifs is 1. The summed E-state index contributed by atoms with van der Waals surface area (Å²) in [6.45, 7) is 0. The van der Waals surface area contributed by atoms with Gasteiger partial charge in [-0.05, 0) is 10.8 Å². The molecule has 2 aromatic rings. The summed E-state index contributed by atoms with van der Waals surface area (Å²) in [5, 5.41) is 1.40. The second kappa shape index (κ2) is 3.21. The highest BCUT2D eigenvalue weighted by Gasteiger charge is 2.65. The normalized spacial score (nSPS) is 18.3. The van der Waals surface area contributed by atoms with Crippen LogP contribution in [0.15, 0.2) is 42.5 Å². The number of halogens is 3. The van der Waals surface area contributed by atoms with E-state index < -0.39 is 11.8 Å². The molecule has 0 bridgehead atoms. The third-order valence-corrected chi connectivity index (χ3v) is 2.99. The number of hydrogen-bond acceptors (Lipinski definition) is 2. The first-order valence-electron chi connectivity index (χ1n) is 5.14. The molecule has 2 nitrogen and oxygen atoms in total. The molecular formula is C12H9F3N2. The van der Waals surface area contributed by atoms with Crippen molar-refractivity contribution < 1.29 is 13.2 Å². The molecule has 0 radical (unpaired) electrons. The number of nitrogens with one attached hydrogen (secondary N) is 2. The lowest BCUT2D eigenvalue weighted by Gasteiger charge is -2.18. The third-order valence-electron chi connectivity index (χ3n) is 2.99. The van der Waals surface area contributed by atoms with Gasteiger partial charge in [-0.2, -0.15) is 13.2 Å². The molecule has 1 heterocycles. The fourth-order valence-corrected chi connectivity index (χ4v) is 2.04. The molecule has 2 N–H and O–H groups in total. The number of benzene rings is 2. The molecule has 5 heteroatoms. The van der Waals surface area contributed by atoms with E-state index in [9.17, 15) is 13.2 Å². The first kappa shape index (κ1) is 10.6. The molecule has 3 rings (SSSR count). The Morgan fingerprint density at radius 1 is 0.882 bits per heavy atom. The highest BCUT2D eigenvalue weighted by Crippen LogP contribution is 2.44. The molecule has 1 fully saturated rings. The Kier molecular flexibility index (Phi) is 1.99. The standard InChI is InChI=1S/C12H9F3N2/c13-12(14,15)11(16-17-11)10-7-3-5-8-4-1-2-6-9(8)10/h1-7,16-17H. The zero-order valence-electron chi connectivity index (χ0n) is 8.68. The molecule has 0 amide bonds. The first-order valence-corrected chi connectivity index (χ1v) is 5.14. The Bertz CT molecular complexity index is 568. The summed E-state index contributed by atoms with van der Waals surface area (Å²) in [6.07, 6.45) is -4.36. The summed E-state index contributed by atoms with van der Waals surface area (Å²) in [5.41, 5.74) is 2.56. The SMILES string of the molecule is FC(F)(F)C1(c2cccc3ccccc23)NN1. The summed E-state index contributed by atoms with van der Waals surface area (Å²) < 4.78 is 39.0. The van der Waals surface area contributed by atoms with Crippen molar-refractivity contribution in [1.82, 2.24) is 10.9 Å². The van der Waals surface area contributed by atoms with Crippen LogP contribution in [-0.4, -0.2) is 6.18 Å². The van der Waals surface area contributed by atoms with Crippen molar-refractivity contribution in [3.8, 4) is 0 Å². The summed E-state index contributed by atoms with van der Waals surface area (Å²) in [5.74, 6) is 0. The number of hydrazine groups is 1. The van der Waals surface area contributed by atoms with Crippen LogP contribution in [0.1, 0.15) is 5.56 Å². The lowest BCUT2D eigenvalue weighted by Crippen LogP contribution is -2.35. The van der Waals surface area contributed by atoms with E-state index in [1.807, 2.05) is 0 Å². The second-order valence-electron chi connectivity index (χ2n) is 4.02. The van der Waals surface area contributed by atoms with Gasteiger partial charge in [0.15, 0.2) is 0 Å². The van der Waals surface area contributed by atoms with Gasteiger partial charge in [0.1, 0.15) is 0 Å². The van der Waals surface area contributed by atoms with E-state index >= 15 is 0 Å². The molecule has 2 aromatic carbocycles. The molecule has 0 aliphatic carbocycles. The molecule has 17 heavy (non-hydrogen) atoms. The van der Waals surface area contributed by atoms with Gasteiger partial charge >= 0.3 is 6.18 Å². The first-order chi connectivity index (χ1) is 8.05. The van der Waals surface area contributed by atoms with Gasteiger partial charge < -0.3 is 0 Å². The monoisotopic (exact) mass is 238 g/mol. The van der Waals surface area contributed by atoms with E-state index in [0.717, 1.165) is 5.39 Å². The van der Waals surface area contributed by atoms with Crippen LogP contribution in [0.4, 0.5) is 13.2 Å². The maximum Gasteiger partial charge on any atom is 0.426 e. The fraction of sp³-hybridized carbons (Fsp3) is 0.167. The van der Waals surface area contributed by atoms with Crippen LogP contribution in [0.3, 0.4) is 0 Å². The summed E-state index contributed by atoms with van der Waals surface area (Å²) in [4.78, 5) is 0. The van der Waals surface area contributed by atoms with Gasteiger partial charge in [0.25, 0.3) is 0 Å². The van der Waals surface area contributed by atoms with Gasteiger partial charge in [-0.3, -0.25) is 0 Å². The quantitative estimate of drug-likeness (QED) is 0.750. The smallest absolute Gasteiger partial charge is 0.223 e. The Morgan fingerprint density at radius 2 is 1.53 bits per heavy atom. The van der Waals surface area contributed by atoms with E-state index in [4.69, 9.17) is 0 Å². The molecule has 0 atom stereocenters. The van der Waals surface area contributed by atoms with Crippen LogP contribution < -0.4 is 10.9 Å². The summed E-state index contributed by atoms with van der Waals surface area (Å²) in [6, 6.07) is 11.9. The summed E-state index contributed by atoms with van der Waals surface area (Å²) >= 11 is 0. The van der Waals surface area contributed by atoms with Crippen molar-refractivity contribution in [2.24, 2.45) is 0 Å². The Balaban J connectivity index is 2.25. The molecule has 88 valence electrons. The van der Waals surface area contributed by atoms with Crippen molar-refractivity contribution in [2.75, 3.05) is 0 Å². The Hall–Kier alpha value is -1.59. The van der Waals surface area contributed by atoms with Gasteiger partial charge in [-0.25, -0.2) is 10.9 Å². The molecule has 1 aliphatic rings. The Morgan fingerprint density at radius 3 is 2.18 bits per heavy atom. The van der Waals surface area contributed by atoms with Gasteiger partial charge in [0.2, 0.25) is 5.66 Å². The van der Waals surface area contributed by atoms with Crippen LogP contribution in [0.2, 0.25) is 0 Å². The largest absolute Gasteiger partial charge is 0.426 e. The maximum atomic E-state index is 13.0. The van der Waals surface area contributed by atoms with Gasteiger partial charge in [-0.15, -0.1) is 0 Å². The minimum atomic E-state index is -4.36. The lowest BCUT2D eigenvalue weighted by molar-refractivity contribution is -0.165. The van der Waals surface area contributed by atoms with Crippen molar-refractivity contribution in [2.45, 2.75) is 11.8 Å². The molecule has 1 aliphatic heterocycles. The summed E-state index contributed by atoms with van der Waals surface area (Å²) in [7, 11) is 0. The predicted octanol–water partition coefficient (Wildman–Crippen LogP) is 2.66. The van der Waals surface area contributed by atoms with E-state index in [1.165, 1.54) is 6.07 Å². The molecule has 1 saturated heterocycles. The fourth-order valence-electron chi connectivity index (χ4n) is 2.04. The van der Waals surface area contributed by atoms with Crippen molar-refractivity contribution in [3.63, 3.8) is 0 Å². The van der Waals surface area contributed by atoms with Crippen LogP contribution in [0, 0.1) is 0 Å². The molecule has 0 spiro atoms. The van der Waals surface area contributed by atoms with Crippen LogP contribution >= 0.6 is 0 Å². The molecule has 0 aromatic heterocycles. The zero-order chi connectivity index (χ0) is 12.1. The molecular weight excluding hydrogens is 229 g/mol. The van der Waals surface area contributed by atoms with Crippen LogP contribution in [0.5, 0.6) is 0 Å². The van der Waals surface area contributed by atoms with Gasteiger partial charge in [0, 0.05) is 5.56 Å². The number of rotatable bonds is 1. The lowest BCUT2D eigenvalue weighted by atomic mass is 9.96. The number of hydrogen-bond donors (Lipinski definition) is 2. The second-order valence-corrected chi connectivity index (χ2v) is 4.02. The predicted molar refractivity (Wildman–Crippen MR) is 58.0 cm³/mol. The topological polar surface area (TPSA) is 43.9 Å². The van der Waals surface area contributed by atoms with Crippen molar-refractivity contribution >= 4 is 10.8 Å². The van der Waals surface area contributed by atoms with Crippen molar-refractivity contribution in [3.05, 3.63) is 48.0 Å². The molecule has 0 saturated carbocycles. The third kappa shape index (κ3) is 1.43. The Labute approximate surface area is 95.4 Å². The van der Waals surface area contributed by atoms with Gasteiger partial charge in [-0.1, -0.05) is 42.5 Å². The van der Waals surface area contributed by atoms with E-state index in [0.29, 0.717) is 5.39 Å². The van der Waals surface area contributed by atoms with Crippen LogP contribution in [-0.2, 0) is 5.66 Å². The maximum absolute atomic E-state index is 13.0. The van der Waals surface area contributed by atoms with E-state index in [2.05, 4.69) is 10.9 Å². The average Bonchev–Trinajstić information content (AvgIpc) is 3.08. The highest BCUT2D eigenvalue weighted by molar-refractivity contribution is 5.87. The van der Waals surface area contributed by atoms with Crippen LogP contribution in [0.25, 0.3) is 10.8 Å².